The summed E-state index contributed by atoms with van der Waals surface area (Å²) in [5.74, 6) is -0.466. The lowest BCUT2D eigenvalue weighted by atomic mass is 10.1. The Morgan fingerprint density at radius 3 is 2.36 bits per heavy atom. The average molecular weight is 297 g/mol. The molecule has 1 amide bonds. The number of carbonyl (C=O) groups excluding carboxylic acids is 1. The molecule has 2 rings (SSSR count). The molecule has 2 aromatic rings. The number of carbonyl (C=O) groups is 1. The van der Waals surface area contributed by atoms with Crippen molar-refractivity contribution in [2.24, 2.45) is 16.5 Å². The monoisotopic (exact) mass is 297 g/mol. The summed E-state index contributed by atoms with van der Waals surface area (Å²) in [6.07, 6.45) is 5.79. The molecule has 0 saturated carbocycles. The minimum Gasteiger partial charge on any atom is -0.382 e. The first kappa shape index (κ1) is 15.6. The molecule has 0 aliphatic carbocycles. The minimum absolute atomic E-state index is 0.0491. The highest BCUT2D eigenvalue weighted by molar-refractivity contribution is 6.05. The van der Waals surface area contributed by atoms with Crippen LogP contribution in [0, 0.1) is 0 Å². The summed E-state index contributed by atoms with van der Waals surface area (Å²) in [4.78, 5) is 23.4. The number of hydrogen-bond donors (Lipinski definition) is 2. The third-order valence-electron chi connectivity index (χ3n) is 3.17. The molecule has 0 aliphatic heterocycles. The number of rotatable bonds is 7. The molecule has 6 heteroatoms. The van der Waals surface area contributed by atoms with Crippen molar-refractivity contribution < 1.29 is 4.79 Å². The fourth-order valence-corrected chi connectivity index (χ4v) is 2.07. The number of benzene rings is 1. The molecule has 0 spiro atoms. The first-order valence-electron chi connectivity index (χ1n) is 7.13. The van der Waals surface area contributed by atoms with Gasteiger partial charge in [0, 0.05) is 18.9 Å². The lowest BCUT2D eigenvalue weighted by Gasteiger charge is -2.04. The smallest absolute Gasteiger partial charge is 0.269 e. The van der Waals surface area contributed by atoms with E-state index in [2.05, 4.69) is 27.1 Å². The number of amidine groups is 1. The molecule has 0 aliphatic rings. The molecule has 6 nitrogen and oxygen atoms in total. The van der Waals surface area contributed by atoms with Crippen molar-refractivity contribution in [3.8, 4) is 0 Å². The number of amides is 1. The van der Waals surface area contributed by atoms with Gasteiger partial charge in [0.25, 0.3) is 5.91 Å². The molecule has 1 heterocycles. The van der Waals surface area contributed by atoms with E-state index < -0.39 is 5.91 Å². The summed E-state index contributed by atoms with van der Waals surface area (Å²) >= 11 is 0. The number of primary amides is 1. The van der Waals surface area contributed by atoms with E-state index in [-0.39, 0.29) is 17.2 Å². The summed E-state index contributed by atoms with van der Waals surface area (Å²) in [7, 11) is 0. The summed E-state index contributed by atoms with van der Waals surface area (Å²) in [5.41, 5.74) is 12.7. The Balaban J connectivity index is 1.87. The van der Waals surface area contributed by atoms with Crippen molar-refractivity contribution in [1.29, 1.82) is 0 Å². The van der Waals surface area contributed by atoms with E-state index in [1.807, 2.05) is 18.2 Å². The third-order valence-corrected chi connectivity index (χ3v) is 3.17. The largest absolute Gasteiger partial charge is 0.382 e. The normalized spacial score (nSPS) is 11.4. The molecular formula is C16H19N5O. The molecule has 0 bridgehead atoms. The molecule has 22 heavy (non-hydrogen) atoms. The second-order valence-electron chi connectivity index (χ2n) is 4.83. The summed E-state index contributed by atoms with van der Waals surface area (Å²) in [6, 6.07) is 10.3. The third kappa shape index (κ3) is 4.37. The molecule has 114 valence electrons. The van der Waals surface area contributed by atoms with E-state index in [0.717, 1.165) is 19.3 Å². The number of unbranched alkanes of at least 4 members (excludes halogenated alkanes) is 1. The number of nitrogens with zero attached hydrogens (tertiary/aromatic N) is 3. The molecule has 0 radical (unpaired) electrons. The number of aryl methyl sites for hydroxylation is 1. The van der Waals surface area contributed by atoms with Crippen molar-refractivity contribution in [3.63, 3.8) is 0 Å². The van der Waals surface area contributed by atoms with Gasteiger partial charge in [-0.25, -0.2) is 9.97 Å². The predicted octanol–water partition coefficient (Wildman–Crippen LogP) is 1.30. The Kier molecular flexibility index (Phi) is 5.59. The SMILES string of the molecule is NC(=O)c1nccnc1C(N)=NCCCCc1ccccc1. The van der Waals surface area contributed by atoms with Crippen molar-refractivity contribution in [1.82, 2.24) is 9.97 Å². The summed E-state index contributed by atoms with van der Waals surface area (Å²) in [5, 5.41) is 0. The summed E-state index contributed by atoms with van der Waals surface area (Å²) < 4.78 is 0. The van der Waals surface area contributed by atoms with Gasteiger partial charge in [0.15, 0.2) is 5.69 Å². The Bertz CT molecular complexity index is 655. The predicted molar refractivity (Wildman–Crippen MR) is 85.5 cm³/mol. The van der Waals surface area contributed by atoms with E-state index in [0.29, 0.717) is 6.54 Å². The second kappa shape index (κ2) is 7.87. The molecule has 0 atom stereocenters. The number of aromatic nitrogens is 2. The molecule has 0 fully saturated rings. The zero-order valence-electron chi connectivity index (χ0n) is 12.3. The van der Waals surface area contributed by atoms with E-state index in [4.69, 9.17) is 11.5 Å². The van der Waals surface area contributed by atoms with Gasteiger partial charge in [-0.05, 0) is 24.8 Å². The molecule has 0 unspecified atom stereocenters. The molecule has 0 saturated heterocycles. The van der Waals surface area contributed by atoms with Crippen LogP contribution in [0.25, 0.3) is 0 Å². The highest BCUT2D eigenvalue weighted by Crippen LogP contribution is 2.05. The lowest BCUT2D eigenvalue weighted by molar-refractivity contribution is 0.0995. The van der Waals surface area contributed by atoms with Crippen LogP contribution in [0.4, 0.5) is 0 Å². The number of hydrogen-bond acceptors (Lipinski definition) is 4. The van der Waals surface area contributed by atoms with Crippen LogP contribution in [0.5, 0.6) is 0 Å². The van der Waals surface area contributed by atoms with E-state index >= 15 is 0 Å². The first-order valence-corrected chi connectivity index (χ1v) is 7.13. The maximum Gasteiger partial charge on any atom is 0.269 e. The van der Waals surface area contributed by atoms with Gasteiger partial charge >= 0.3 is 0 Å². The van der Waals surface area contributed by atoms with Crippen LogP contribution in [0.2, 0.25) is 0 Å². The first-order chi connectivity index (χ1) is 10.7. The van der Waals surface area contributed by atoms with Gasteiger partial charge in [-0.2, -0.15) is 0 Å². The Labute approximate surface area is 129 Å². The van der Waals surface area contributed by atoms with Gasteiger partial charge in [-0.1, -0.05) is 30.3 Å². The van der Waals surface area contributed by atoms with Crippen LogP contribution in [-0.2, 0) is 6.42 Å². The van der Waals surface area contributed by atoms with Crippen LogP contribution in [-0.4, -0.2) is 28.3 Å². The quantitative estimate of drug-likeness (QED) is 0.456. The van der Waals surface area contributed by atoms with Crippen LogP contribution >= 0.6 is 0 Å². The van der Waals surface area contributed by atoms with E-state index in [1.165, 1.54) is 18.0 Å². The van der Waals surface area contributed by atoms with Crippen LogP contribution < -0.4 is 11.5 Å². The zero-order valence-corrected chi connectivity index (χ0v) is 12.3. The molecule has 1 aromatic carbocycles. The fourth-order valence-electron chi connectivity index (χ4n) is 2.07. The van der Waals surface area contributed by atoms with Gasteiger partial charge in [0.2, 0.25) is 0 Å². The molecule has 1 aromatic heterocycles. The van der Waals surface area contributed by atoms with E-state index in [1.54, 1.807) is 0 Å². The van der Waals surface area contributed by atoms with Crippen molar-refractivity contribution >= 4 is 11.7 Å². The highest BCUT2D eigenvalue weighted by atomic mass is 16.1. The number of aliphatic imine (C=N–C) groups is 1. The summed E-state index contributed by atoms with van der Waals surface area (Å²) in [6.45, 7) is 0.577. The maximum atomic E-state index is 11.3. The molecule has 4 N–H and O–H groups in total. The van der Waals surface area contributed by atoms with Gasteiger partial charge in [-0.15, -0.1) is 0 Å². The van der Waals surface area contributed by atoms with Crippen LogP contribution in [0.15, 0.2) is 47.7 Å². The second-order valence-corrected chi connectivity index (χ2v) is 4.83. The Morgan fingerprint density at radius 1 is 1.00 bits per heavy atom. The Hall–Kier alpha value is -2.76. The highest BCUT2D eigenvalue weighted by Gasteiger charge is 2.13. The average Bonchev–Trinajstić information content (AvgIpc) is 2.55. The van der Waals surface area contributed by atoms with Crippen molar-refractivity contribution in [2.45, 2.75) is 19.3 Å². The van der Waals surface area contributed by atoms with Crippen molar-refractivity contribution in [3.05, 3.63) is 59.7 Å². The fraction of sp³-hybridized carbons (Fsp3) is 0.250. The standard InChI is InChI=1S/C16H19N5O/c17-15(13-14(16(18)22)20-11-10-19-13)21-9-5-4-8-12-6-2-1-3-7-12/h1-3,6-7,10-11H,4-5,8-9H2,(H2,17,21)(H2,18,22). The van der Waals surface area contributed by atoms with Gasteiger partial charge < -0.3 is 11.5 Å². The minimum atomic E-state index is -0.662. The van der Waals surface area contributed by atoms with Gasteiger partial charge in [-0.3, -0.25) is 9.79 Å². The number of nitrogens with two attached hydrogens (primary N) is 2. The maximum absolute atomic E-state index is 11.3. The molecular weight excluding hydrogens is 278 g/mol. The topological polar surface area (TPSA) is 107 Å². The van der Waals surface area contributed by atoms with Crippen LogP contribution in [0.1, 0.15) is 34.6 Å². The van der Waals surface area contributed by atoms with Gasteiger partial charge in [0.05, 0.1) is 0 Å². The van der Waals surface area contributed by atoms with Gasteiger partial charge in [0.1, 0.15) is 11.5 Å². The van der Waals surface area contributed by atoms with Crippen LogP contribution in [0.3, 0.4) is 0 Å². The Morgan fingerprint density at radius 2 is 1.68 bits per heavy atom. The van der Waals surface area contributed by atoms with Crippen molar-refractivity contribution in [2.75, 3.05) is 6.54 Å². The van der Waals surface area contributed by atoms with E-state index in [9.17, 15) is 4.79 Å². The zero-order chi connectivity index (χ0) is 15.8. The lowest BCUT2D eigenvalue weighted by Crippen LogP contribution is -2.24.